The van der Waals surface area contributed by atoms with Crippen LogP contribution in [0.3, 0.4) is 0 Å². The first kappa shape index (κ1) is 10.2. The summed E-state index contributed by atoms with van der Waals surface area (Å²) in [6, 6.07) is 6.36. The fourth-order valence-corrected chi connectivity index (χ4v) is 2.26. The highest BCUT2D eigenvalue weighted by molar-refractivity contribution is 5.87. The molecule has 15 heavy (non-hydrogen) atoms. The zero-order valence-electron chi connectivity index (χ0n) is 9.34. The Balaban J connectivity index is 2.42. The highest BCUT2D eigenvalue weighted by Crippen LogP contribution is 2.29. The van der Waals surface area contributed by atoms with Crippen molar-refractivity contribution >= 4 is 11.4 Å². The first-order valence-corrected chi connectivity index (χ1v) is 5.46. The Morgan fingerprint density at radius 1 is 1.07 bits per heavy atom. The van der Waals surface area contributed by atoms with E-state index in [1.54, 1.807) is 0 Å². The second-order valence-electron chi connectivity index (χ2n) is 4.24. The second kappa shape index (κ2) is 4.01. The fourth-order valence-electron chi connectivity index (χ4n) is 2.26. The maximum atomic E-state index is 11.2. The molecule has 0 bridgehead atoms. The van der Waals surface area contributed by atoms with Gasteiger partial charge >= 0.3 is 0 Å². The first-order valence-electron chi connectivity index (χ1n) is 5.46. The Morgan fingerprint density at radius 2 is 1.73 bits per heavy atom. The van der Waals surface area contributed by atoms with Gasteiger partial charge in [-0.2, -0.15) is 0 Å². The van der Waals surface area contributed by atoms with Gasteiger partial charge in [0.15, 0.2) is 0 Å². The Morgan fingerprint density at radius 3 is 2.27 bits per heavy atom. The number of hydrogen-bond donors (Lipinski definition) is 0. The largest absolute Gasteiger partial charge is 0.299 e. The highest BCUT2D eigenvalue weighted by Gasteiger charge is 2.14. The molecule has 1 aromatic carbocycles. The Hall–Kier alpha value is -1.37. The Labute approximate surface area is 90.8 Å². The van der Waals surface area contributed by atoms with Crippen LogP contribution in [0.5, 0.6) is 0 Å². The van der Waals surface area contributed by atoms with Crippen molar-refractivity contribution in [3.63, 3.8) is 0 Å². The third kappa shape index (κ3) is 2.01. The van der Waals surface area contributed by atoms with Gasteiger partial charge in [-0.25, -0.2) is 0 Å². The fraction of sp³-hybridized carbons (Fsp3) is 0.357. The summed E-state index contributed by atoms with van der Waals surface area (Å²) in [7, 11) is 0. The molecule has 0 heterocycles. The molecule has 0 spiro atoms. The summed E-state index contributed by atoms with van der Waals surface area (Å²) in [5.74, 6) is 0.366. The molecule has 1 aliphatic rings. The number of carbonyl (C=O) groups is 1. The van der Waals surface area contributed by atoms with Crippen molar-refractivity contribution in [2.75, 3.05) is 0 Å². The third-order valence-corrected chi connectivity index (χ3v) is 3.05. The van der Waals surface area contributed by atoms with Gasteiger partial charge in [0, 0.05) is 12.8 Å². The zero-order chi connectivity index (χ0) is 10.8. The molecular formula is C14H16O. The van der Waals surface area contributed by atoms with Crippen molar-refractivity contribution in [1.82, 2.24) is 0 Å². The number of ketones is 1. The summed E-state index contributed by atoms with van der Waals surface area (Å²) in [6.45, 7) is 4.28. The maximum Gasteiger partial charge on any atom is 0.137 e. The zero-order valence-corrected chi connectivity index (χ0v) is 9.34. The third-order valence-electron chi connectivity index (χ3n) is 3.05. The summed E-state index contributed by atoms with van der Waals surface area (Å²) in [5, 5.41) is 0. The number of carbonyl (C=O) groups excluding carboxylic acids is 1. The Bertz CT molecular complexity index is 407. The summed E-state index contributed by atoms with van der Waals surface area (Å²) >= 11 is 0. The molecule has 78 valence electrons. The normalized spacial score (nSPS) is 16.4. The van der Waals surface area contributed by atoms with Crippen molar-refractivity contribution in [1.29, 1.82) is 0 Å². The Kier molecular flexibility index (Phi) is 2.72. The van der Waals surface area contributed by atoms with Crippen LogP contribution in [0.2, 0.25) is 0 Å². The lowest BCUT2D eigenvalue weighted by Gasteiger charge is -2.16. The predicted molar refractivity (Wildman–Crippen MR) is 62.8 cm³/mol. The van der Waals surface area contributed by atoms with Crippen molar-refractivity contribution in [3.8, 4) is 0 Å². The van der Waals surface area contributed by atoms with E-state index < -0.39 is 0 Å². The van der Waals surface area contributed by atoms with Gasteiger partial charge in [0.1, 0.15) is 5.78 Å². The van der Waals surface area contributed by atoms with E-state index in [1.807, 2.05) is 0 Å². The van der Waals surface area contributed by atoms with Crippen molar-refractivity contribution in [2.24, 2.45) is 0 Å². The predicted octanol–water partition coefficient (Wildman–Crippen LogP) is 3.44. The molecule has 0 N–H and O–H groups in total. The van der Waals surface area contributed by atoms with E-state index in [1.165, 1.54) is 22.3 Å². The molecule has 1 aromatic rings. The van der Waals surface area contributed by atoms with Crippen LogP contribution in [0.4, 0.5) is 0 Å². The summed E-state index contributed by atoms with van der Waals surface area (Å²) in [4.78, 5) is 11.2. The molecule has 0 atom stereocenters. The molecule has 0 saturated carbocycles. The van der Waals surface area contributed by atoms with Gasteiger partial charge < -0.3 is 0 Å². The lowest BCUT2D eigenvalue weighted by Crippen LogP contribution is -2.04. The lowest BCUT2D eigenvalue weighted by molar-refractivity contribution is -0.118. The summed E-state index contributed by atoms with van der Waals surface area (Å²) < 4.78 is 0. The van der Waals surface area contributed by atoms with Gasteiger partial charge in [-0.3, -0.25) is 4.79 Å². The van der Waals surface area contributed by atoms with Crippen LogP contribution in [-0.4, -0.2) is 5.78 Å². The van der Waals surface area contributed by atoms with Crippen LogP contribution in [-0.2, 0) is 4.79 Å². The van der Waals surface area contributed by atoms with Crippen LogP contribution in [0.15, 0.2) is 24.3 Å². The molecular weight excluding hydrogens is 184 g/mol. The van der Waals surface area contributed by atoms with Crippen molar-refractivity contribution in [2.45, 2.75) is 33.1 Å². The quantitative estimate of drug-likeness (QED) is 0.678. The van der Waals surface area contributed by atoms with Crippen molar-refractivity contribution < 1.29 is 4.79 Å². The van der Waals surface area contributed by atoms with E-state index in [-0.39, 0.29) is 0 Å². The minimum Gasteiger partial charge on any atom is -0.299 e. The van der Waals surface area contributed by atoms with Gasteiger partial charge in [-0.15, -0.1) is 0 Å². The number of hydrogen-bond acceptors (Lipinski definition) is 1. The average Bonchev–Trinajstić information content (AvgIpc) is 2.20. The average molecular weight is 200 g/mol. The SMILES string of the molecule is Cc1cccc(C)c1C1=CCC(=O)CC1. The number of aryl methyl sites for hydroxylation is 2. The van der Waals surface area contributed by atoms with E-state index in [4.69, 9.17) is 0 Å². The summed E-state index contributed by atoms with van der Waals surface area (Å²) in [6.07, 6.45) is 4.33. The molecule has 0 saturated heterocycles. The standard InChI is InChI=1S/C14H16O/c1-10-4-3-5-11(2)14(10)12-6-8-13(15)9-7-12/h3-6H,7-9H2,1-2H3. The molecule has 2 rings (SSSR count). The van der Waals surface area contributed by atoms with Gasteiger partial charge in [0.2, 0.25) is 0 Å². The lowest BCUT2D eigenvalue weighted by atomic mass is 9.88. The number of Topliss-reactive ketones (excluding diaryl/α,β-unsaturated/α-hetero) is 1. The molecule has 0 aliphatic heterocycles. The van der Waals surface area contributed by atoms with Gasteiger partial charge in [0.25, 0.3) is 0 Å². The monoisotopic (exact) mass is 200 g/mol. The number of benzene rings is 1. The molecule has 0 unspecified atom stereocenters. The minimum absolute atomic E-state index is 0.366. The number of allylic oxidation sites excluding steroid dienone is 2. The molecule has 1 aliphatic carbocycles. The molecule has 0 radical (unpaired) electrons. The second-order valence-corrected chi connectivity index (χ2v) is 4.24. The molecule has 0 aromatic heterocycles. The topological polar surface area (TPSA) is 17.1 Å². The van der Waals surface area contributed by atoms with E-state index in [2.05, 4.69) is 38.1 Å². The molecule has 0 amide bonds. The van der Waals surface area contributed by atoms with Gasteiger partial charge in [0.05, 0.1) is 0 Å². The smallest absolute Gasteiger partial charge is 0.137 e. The maximum absolute atomic E-state index is 11.2. The van der Waals surface area contributed by atoms with Gasteiger partial charge in [-0.1, -0.05) is 24.3 Å². The summed E-state index contributed by atoms with van der Waals surface area (Å²) in [5.41, 5.74) is 5.33. The van der Waals surface area contributed by atoms with Crippen LogP contribution in [0.1, 0.15) is 36.0 Å². The van der Waals surface area contributed by atoms with E-state index >= 15 is 0 Å². The molecule has 0 fully saturated rings. The van der Waals surface area contributed by atoms with Crippen LogP contribution in [0, 0.1) is 13.8 Å². The van der Waals surface area contributed by atoms with E-state index in [9.17, 15) is 4.79 Å². The van der Waals surface area contributed by atoms with Crippen LogP contribution >= 0.6 is 0 Å². The van der Waals surface area contributed by atoms with E-state index in [0.717, 1.165) is 6.42 Å². The van der Waals surface area contributed by atoms with Crippen LogP contribution in [0.25, 0.3) is 5.57 Å². The first-order chi connectivity index (χ1) is 7.18. The number of rotatable bonds is 1. The van der Waals surface area contributed by atoms with Crippen LogP contribution < -0.4 is 0 Å². The van der Waals surface area contributed by atoms with E-state index in [0.29, 0.717) is 18.6 Å². The van der Waals surface area contributed by atoms with Gasteiger partial charge in [-0.05, 0) is 42.5 Å². The molecule has 1 heteroatoms. The molecule has 1 nitrogen and oxygen atoms in total. The minimum atomic E-state index is 0.366. The van der Waals surface area contributed by atoms with Crippen molar-refractivity contribution in [3.05, 3.63) is 41.0 Å². The highest BCUT2D eigenvalue weighted by atomic mass is 16.1.